The van der Waals surface area contributed by atoms with Crippen LogP contribution in [0.5, 0.6) is 0 Å². The predicted molar refractivity (Wildman–Crippen MR) is 79.7 cm³/mol. The van der Waals surface area contributed by atoms with Gasteiger partial charge in [0.15, 0.2) is 0 Å². The van der Waals surface area contributed by atoms with Gasteiger partial charge in [0, 0.05) is 7.05 Å². The Morgan fingerprint density at radius 1 is 0.900 bits per heavy atom. The van der Waals surface area contributed by atoms with Crippen molar-refractivity contribution in [2.75, 3.05) is 23.5 Å². The summed E-state index contributed by atoms with van der Waals surface area (Å²) >= 11 is 0. The van der Waals surface area contributed by atoms with E-state index < -0.39 is 0 Å². The Kier molecular flexibility index (Phi) is 2.39. The summed E-state index contributed by atoms with van der Waals surface area (Å²) in [5, 5.41) is 9.04. The third-order valence-electron chi connectivity index (χ3n) is 3.64. The molecule has 0 saturated carbocycles. The van der Waals surface area contributed by atoms with Crippen molar-refractivity contribution in [1.29, 1.82) is 0 Å². The van der Waals surface area contributed by atoms with E-state index in [1.54, 1.807) is 4.80 Å². The van der Waals surface area contributed by atoms with Gasteiger partial charge in [-0.2, -0.15) is 15.0 Å². The Hall–Kier alpha value is -2.56. The van der Waals surface area contributed by atoms with Gasteiger partial charge >= 0.3 is 0 Å². The van der Waals surface area contributed by atoms with E-state index in [1.165, 1.54) is 11.4 Å². The summed E-state index contributed by atoms with van der Waals surface area (Å²) in [5.41, 5.74) is 4.36. The molecule has 5 nitrogen and oxygen atoms in total. The number of hydrogen-bond acceptors (Lipinski definition) is 4. The average molecular weight is 265 g/mol. The minimum Gasteiger partial charge on any atom is -0.355 e. The lowest BCUT2D eigenvalue weighted by Crippen LogP contribution is -2.30. The van der Waals surface area contributed by atoms with Crippen LogP contribution >= 0.6 is 0 Å². The van der Waals surface area contributed by atoms with Gasteiger partial charge in [-0.1, -0.05) is 24.3 Å². The number of para-hydroxylation sites is 2. The fourth-order valence-electron chi connectivity index (χ4n) is 2.70. The maximum atomic E-state index is 4.52. The van der Waals surface area contributed by atoms with Gasteiger partial charge in [0.1, 0.15) is 17.7 Å². The van der Waals surface area contributed by atoms with Crippen LogP contribution in [0.15, 0.2) is 48.5 Å². The van der Waals surface area contributed by atoms with Crippen LogP contribution in [0.3, 0.4) is 0 Å². The van der Waals surface area contributed by atoms with Gasteiger partial charge in [-0.25, -0.2) is 0 Å². The molecule has 0 N–H and O–H groups in total. The van der Waals surface area contributed by atoms with Crippen LogP contribution in [0.25, 0.3) is 11.0 Å². The highest BCUT2D eigenvalue weighted by atomic mass is 15.5. The highest BCUT2D eigenvalue weighted by Crippen LogP contribution is 2.34. The second-order valence-corrected chi connectivity index (χ2v) is 5.07. The quantitative estimate of drug-likeness (QED) is 0.712. The van der Waals surface area contributed by atoms with Crippen molar-refractivity contribution < 1.29 is 0 Å². The van der Waals surface area contributed by atoms with Crippen LogP contribution in [0, 0.1) is 0 Å². The van der Waals surface area contributed by atoms with E-state index >= 15 is 0 Å². The van der Waals surface area contributed by atoms with E-state index in [9.17, 15) is 0 Å². The molecule has 20 heavy (non-hydrogen) atoms. The van der Waals surface area contributed by atoms with E-state index in [2.05, 4.69) is 51.3 Å². The Balaban J connectivity index is 1.67. The van der Waals surface area contributed by atoms with Crippen LogP contribution < -0.4 is 9.80 Å². The van der Waals surface area contributed by atoms with Crippen LogP contribution in [0.4, 0.5) is 11.4 Å². The molecule has 4 rings (SSSR count). The molecule has 0 spiro atoms. The van der Waals surface area contributed by atoms with Crippen molar-refractivity contribution in [1.82, 2.24) is 15.0 Å². The first-order chi connectivity index (χ1) is 9.81. The van der Waals surface area contributed by atoms with Gasteiger partial charge in [0.25, 0.3) is 0 Å². The van der Waals surface area contributed by atoms with Gasteiger partial charge in [-0.3, -0.25) is 0 Å². The summed E-state index contributed by atoms with van der Waals surface area (Å²) in [7, 11) is 2.10. The van der Waals surface area contributed by atoms with Crippen LogP contribution in [0.2, 0.25) is 0 Å². The summed E-state index contributed by atoms with van der Waals surface area (Å²) in [5.74, 6) is 0. The summed E-state index contributed by atoms with van der Waals surface area (Å²) < 4.78 is 0. The summed E-state index contributed by atoms with van der Waals surface area (Å²) in [6.07, 6.45) is 0. The third-order valence-corrected chi connectivity index (χ3v) is 3.64. The molecule has 1 aromatic heterocycles. The van der Waals surface area contributed by atoms with Crippen molar-refractivity contribution >= 4 is 22.4 Å². The predicted octanol–water partition coefficient (Wildman–Crippen LogP) is 2.30. The number of benzene rings is 2. The Morgan fingerprint density at radius 2 is 1.50 bits per heavy atom. The molecule has 0 amide bonds. The number of anilines is 2. The first-order valence-corrected chi connectivity index (χ1v) is 6.66. The molecule has 5 heteroatoms. The number of hydrogen-bond donors (Lipinski definition) is 0. The second kappa shape index (κ2) is 4.23. The zero-order valence-electron chi connectivity index (χ0n) is 11.3. The van der Waals surface area contributed by atoms with Crippen molar-refractivity contribution in [3.05, 3.63) is 48.5 Å². The number of rotatable bonds is 2. The molecule has 1 aliphatic heterocycles. The lowest BCUT2D eigenvalue weighted by atomic mass is 10.2. The number of fused-ring (bicyclic) bond motifs is 2. The Bertz CT molecular complexity index is 731. The minimum absolute atomic E-state index is 0.663. The second-order valence-electron chi connectivity index (χ2n) is 5.07. The number of nitrogens with zero attached hydrogens (tertiary/aromatic N) is 5. The topological polar surface area (TPSA) is 37.2 Å². The van der Waals surface area contributed by atoms with Gasteiger partial charge < -0.3 is 9.80 Å². The van der Waals surface area contributed by atoms with Crippen molar-refractivity contribution in [3.63, 3.8) is 0 Å². The molecule has 2 aromatic carbocycles. The molecule has 3 aromatic rings. The van der Waals surface area contributed by atoms with Crippen molar-refractivity contribution in [2.24, 2.45) is 0 Å². The zero-order valence-corrected chi connectivity index (χ0v) is 11.3. The lowest BCUT2D eigenvalue weighted by molar-refractivity contribution is 0.526. The van der Waals surface area contributed by atoms with Gasteiger partial charge in [0.2, 0.25) is 0 Å². The molecule has 0 bridgehead atoms. The summed E-state index contributed by atoms with van der Waals surface area (Å²) in [6, 6.07) is 16.4. The number of aromatic nitrogens is 3. The normalized spacial score (nSPS) is 14.1. The Labute approximate surface area is 117 Å². The van der Waals surface area contributed by atoms with Gasteiger partial charge in [-0.05, 0) is 24.3 Å². The molecule has 0 fully saturated rings. The van der Waals surface area contributed by atoms with Crippen LogP contribution in [0.1, 0.15) is 0 Å². The van der Waals surface area contributed by atoms with Crippen LogP contribution in [-0.4, -0.2) is 28.7 Å². The largest absolute Gasteiger partial charge is 0.355 e. The maximum Gasteiger partial charge on any atom is 0.133 e. The molecule has 1 aliphatic rings. The molecular weight excluding hydrogens is 250 g/mol. The first kappa shape index (κ1) is 11.3. The minimum atomic E-state index is 0.663. The first-order valence-electron chi connectivity index (χ1n) is 6.66. The highest BCUT2D eigenvalue weighted by Gasteiger charge is 2.23. The van der Waals surface area contributed by atoms with E-state index in [1.807, 2.05) is 24.3 Å². The molecule has 2 heterocycles. The standard InChI is InChI=1S/C15H15N5/c1-18-10-19(15-9-5-4-8-14(15)18)11-20-16-12-6-2-3-7-13(12)17-20/h2-9H,10-11H2,1H3. The van der Waals surface area contributed by atoms with E-state index in [4.69, 9.17) is 0 Å². The molecule has 0 saturated heterocycles. The Morgan fingerprint density at radius 3 is 2.20 bits per heavy atom. The smallest absolute Gasteiger partial charge is 0.133 e. The summed E-state index contributed by atoms with van der Waals surface area (Å²) in [6.45, 7) is 1.52. The van der Waals surface area contributed by atoms with Gasteiger partial charge in [0.05, 0.1) is 18.0 Å². The van der Waals surface area contributed by atoms with Crippen LogP contribution in [-0.2, 0) is 6.67 Å². The SMILES string of the molecule is CN1CN(Cn2nc3ccccc3n2)c2ccccc21. The molecule has 100 valence electrons. The van der Waals surface area contributed by atoms with Crippen molar-refractivity contribution in [3.8, 4) is 0 Å². The fourth-order valence-corrected chi connectivity index (χ4v) is 2.70. The van der Waals surface area contributed by atoms with E-state index in [0.29, 0.717) is 6.67 Å². The third kappa shape index (κ3) is 1.71. The lowest BCUT2D eigenvalue weighted by Gasteiger charge is -2.18. The van der Waals surface area contributed by atoms with Gasteiger partial charge in [-0.15, -0.1) is 0 Å². The molecule has 0 radical (unpaired) electrons. The monoisotopic (exact) mass is 265 g/mol. The highest BCUT2D eigenvalue weighted by molar-refractivity contribution is 5.75. The molecule has 0 unspecified atom stereocenters. The summed E-state index contributed by atoms with van der Waals surface area (Å²) in [4.78, 5) is 6.27. The van der Waals surface area contributed by atoms with E-state index in [0.717, 1.165) is 17.7 Å². The fraction of sp³-hybridized carbons (Fsp3) is 0.200. The molecular formula is C15H15N5. The zero-order chi connectivity index (χ0) is 13.5. The van der Waals surface area contributed by atoms with Crippen molar-refractivity contribution in [2.45, 2.75) is 6.67 Å². The molecule has 0 atom stereocenters. The van der Waals surface area contributed by atoms with E-state index in [-0.39, 0.29) is 0 Å². The average Bonchev–Trinajstić information content (AvgIpc) is 3.01. The molecule has 0 aliphatic carbocycles. The maximum absolute atomic E-state index is 4.52.